The summed E-state index contributed by atoms with van der Waals surface area (Å²) in [6, 6.07) is 23.8. The number of rotatable bonds is 8. The Morgan fingerprint density at radius 2 is 1.82 bits per heavy atom. The van der Waals surface area contributed by atoms with E-state index in [4.69, 9.17) is 16.6 Å². The molecule has 0 radical (unpaired) electrons. The van der Waals surface area contributed by atoms with Gasteiger partial charge < -0.3 is 4.57 Å². The van der Waals surface area contributed by atoms with Crippen molar-refractivity contribution in [3.8, 4) is 0 Å². The van der Waals surface area contributed by atoms with Gasteiger partial charge in [-0.25, -0.2) is 10.4 Å². The first-order chi connectivity index (χ1) is 16.0. The van der Waals surface area contributed by atoms with E-state index in [0.717, 1.165) is 27.3 Å². The highest BCUT2D eigenvalue weighted by molar-refractivity contribution is 7.99. The topological polar surface area (TPSA) is 59.3 Å². The van der Waals surface area contributed by atoms with Crippen LogP contribution in [0, 0.1) is 0 Å². The molecule has 5 nitrogen and oxygen atoms in total. The Labute approximate surface area is 202 Å². The summed E-state index contributed by atoms with van der Waals surface area (Å²) >= 11 is 7.76. The zero-order valence-corrected chi connectivity index (χ0v) is 20.1. The van der Waals surface area contributed by atoms with Crippen molar-refractivity contribution < 1.29 is 4.79 Å². The maximum atomic E-state index is 12.4. The maximum Gasteiger partial charge on any atom is 0.250 e. The Morgan fingerprint density at radius 3 is 2.58 bits per heavy atom. The van der Waals surface area contributed by atoms with E-state index in [1.165, 1.54) is 17.3 Å². The third-order valence-corrected chi connectivity index (χ3v) is 6.59. The monoisotopic (exact) mass is 476 g/mol. The van der Waals surface area contributed by atoms with Crippen LogP contribution in [0.5, 0.6) is 0 Å². The highest BCUT2D eigenvalue weighted by atomic mass is 35.5. The predicted octanol–water partition coefficient (Wildman–Crippen LogP) is 6.10. The standard InChI is InChI=1S/C26H25ClN4OS/c1-18(2)20-13-11-19(12-14-20)15-28-30-25(32)17-33-26-29-23-9-5-6-10-24(23)31(26)16-21-7-3-4-8-22(21)27/h3-15,18H,16-17H2,1-2H3,(H,30,32)/b28-15-. The summed E-state index contributed by atoms with van der Waals surface area (Å²) in [6.45, 7) is 4.89. The number of benzene rings is 3. The molecule has 0 fully saturated rings. The van der Waals surface area contributed by atoms with Crippen LogP contribution in [0.3, 0.4) is 0 Å². The number of thioether (sulfide) groups is 1. The number of para-hydroxylation sites is 2. The molecule has 0 atom stereocenters. The number of hydrazone groups is 1. The van der Waals surface area contributed by atoms with Gasteiger partial charge in [0, 0.05) is 5.02 Å². The minimum absolute atomic E-state index is 0.189. The summed E-state index contributed by atoms with van der Waals surface area (Å²) in [5.74, 6) is 0.497. The van der Waals surface area contributed by atoms with Crippen LogP contribution in [-0.4, -0.2) is 27.4 Å². The third kappa shape index (κ3) is 5.83. The van der Waals surface area contributed by atoms with Gasteiger partial charge in [0.2, 0.25) is 0 Å². The van der Waals surface area contributed by atoms with Crippen LogP contribution >= 0.6 is 23.4 Å². The number of nitrogens with one attached hydrogen (secondary N) is 1. The van der Waals surface area contributed by atoms with E-state index in [1.807, 2.05) is 60.7 Å². The number of aromatic nitrogens is 2. The Morgan fingerprint density at radius 1 is 1.09 bits per heavy atom. The molecule has 33 heavy (non-hydrogen) atoms. The molecule has 1 N–H and O–H groups in total. The molecule has 1 aromatic heterocycles. The average Bonchev–Trinajstić information content (AvgIpc) is 3.17. The quantitative estimate of drug-likeness (QED) is 0.190. The smallest absolute Gasteiger partial charge is 0.250 e. The predicted molar refractivity (Wildman–Crippen MR) is 137 cm³/mol. The molecule has 1 heterocycles. The van der Waals surface area contributed by atoms with Gasteiger partial charge in [-0.15, -0.1) is 0 Å². The Bertz CT molecular complexity index is 1280. The molecule has 7 heteroatoms. The van der Waals surface area contributed by atoms with Gasteiger partial charge in [-0.1, -0.05) is 91.8 Å². The average molecular weight is 477 g/mol. The molecular formula is C26H25ClN4OS. The summed E-state index contributed by atoms with van der Waals surface area (Å²) in [6.07, 6.45) is 1.65. The van der Waals surface area contributed by atoms with Crippen LogP contribution in [0.15, 0.2) is 83.1 Å². The first-order valence-corrected chi connectivity index (χ1v) is 12.1. The summed E-state index contributed by atoms with van der Waals surface area (Å²) in [5.41, 5.74) is 7.70. The molecule has 0 aliphatic carbocycles. The van der Waals surface area contributed by atoms with Crippen molar-refractivity contribution >= 4 is 46.5 Å². The molecule has 0 aliphatic heterocycles. The Hall–Kier alpha value is -3.09. The molecule has 0 unspecified atom stereocenters. The first kappa shape index (κ1) is 23.1. The van der Waals surface area contributed by atoms with E-state index in [2.05, 4.69) is 41.1 Å². The molecule has 1 amide bonds. The van der Waals surface area contributed by atoms with Crippen LogP contribution in [0.1, 0.15) is 36.5 Å². The molecule has 3 aromatic carbocycles. The SMILES string of the molecule is CC(C)c1ccc(/C=N\NC(=O)CSc2nc3ccccc3n2Cc2ccccc2Cl)cc1. The molecule has 4 rings (SSSR count). The van der Waals surface area contributed by atoms with Gasteiger partial charge in [0.1, 0.15) is 0 Å². The summed E-state index contributed by atoms with van der Waals surface area (Å²) in [4.78, 5) is 17.1. The van der Waals surface area contributed by atoms with Gasteiger partial charge in [-0.3, -0.25) is 4.79 Å². The van der Waals surface area contributed by atoms with Crippen molar-refractivity contribution in [1.82, 2.24) is 15.0 Å². The van der Waals surface area contributed by atoms with E-state index in [0.29, 0.717) is 17.5 Å². The van der Waals surface area contributed by atoms with E-state index < -0.39 is 0 Å². The van der Waals surface area contributed by atoms with Crippen LogP contribution in [-0.2, 0) is 11.3 Å². The number of halogens is 1. The van der Waals surface area contributed by atoms with Gasteiger partial charge in [0.05, 0.1) is 29.5 Å². The Balaban J connectivity index is 1.42. The van der Waals surface area contributed by atoms with Crippen LogP contribution in [0.4, 0.5) is 0 Å². The molecule has 0 spiro atoms. The number of carbonyl (C=O) groups excluding carboxylic acids is 1. The molecule has 0 aliphatic rings. The summed E-state index contributed by atoms with van der Waals surface area (Å²) in [5, 5.41) is 5.56. The van der Waals surface area contributed by atoms with Crippen molar-refractivity contribution in [2.45, 2.75) is 31.5 Å². The number of hydrogen-bond acceptors (Lipinski definition) is 4. The fraction of sp³-hybridized carbons (Fsp3) is 0.192. The second-order valence-corrected chi connectivity index (χ2v) is 9.31. The second kappa shape index (κ2) is 10.7. The molecule has 0 saturated carbocycles. The number of nitrogens with zero attached hydrogens (tertiary/aromatic N) is 3. The maximum absolute atomic E-state index is 12.4. The van der Waals surface area contributed by atoms with Gasteiger partial charge in [0.15, 0.2) is 5.16 Å². The lowest BCUT2D eigenvalue weighted by Crippen LogP contribution is -2.20. The van der Waals surface area contributed by atoms with E-state index in [9.17, 15) is 4.79 Å². The van der Waals surface area contributed by atoms with Gasteiger partial charge in [-0.2, -0.15) is 5.10 Å². The lowest BCUT2D eigenvalue weighted by Gasteiger charge is -2.10. The highest BCUT2D eigenvalue weighted by Gasteiger charge is 2.14. The number of fused-ring (bicyclic) bond motifs is 1. The third-order valence-electron chi connectivity index (χ3n) is 5.24. The van der Waals surface area contributed by atoms with E-state index >= 15 is 0 Å². The lowest BCUT2D eigenvalue weighted by atomic mass is 10.0. The Kier molecular flexibility index (Phi) is 7.47. The van der Waals surface area contributed by atoms with Crippen molar-refractivity contribution in [3.63, 3.8) is 0 Å². The van der Waals surface area contributed by atoms with Crippen molar-refractivity contribution in [2.75, 3.05) is 5.75 Å². The second-order valence-electron chi connectivity index (χ2n) is 7.96. The highest BCUT2D eigenvalue weighted by Crippen LogP contribution is 2.27. The van der Waals surface area contributed by atoms with Crippen molar-refractivity contribution in [3.05, 3.63) is 94.5 Å². The number of imidazole rings is 1. The number of hydrogen-bond donors (Lipinski definition) is 1. The number of amides is 1. The fourth-order valence-electron chi connectivity index (χ4n) is 3.42. The van der Waals surface area contributed by atoms with E-state index in [-0.39, 0.29) is 11.7 Å². The summed E-state index contributed by atoms with van der Waals surface area (Å²) in [7, 11) is 0. The van der Waals surface area contributed by atoms with Gasteiger partial charge in [0.25, 0.3) is 5.91 Å². The van der Waals surface area contributed by atoms with Crippen molar-refractivity contribution in [2.24, 2.45) is 5.10 Å². The van der Waals surface area contributed by atoms with Crippen LogP contribution < -0.4 is 5.43 Å². The molecule has 0 bridgehead atoms. The van der Waals surface area contributed by atoms with Gasteiger partial charge >= 0.3 is 0 Å². The van der Waals surface area contributed by atoms with Gasteiger partial charge in [-0.05, 0) is 40.8 Å². The lowest BCUT2D eigenvalue weighted by molar-refractivity contribution is -0.118. The largest absolute Gasteiger partial charge is 0.314 e. The molecule has 0 saturated heterocycles. The normalized spacial score (nSPS) is 11.5. The minimum atomic E-state index is -0.189. The minimum Gasteiger partial charge on any atom is -0.314 e. The zero-order valence-electron chi connectivity index (χ0n) is 18.5. The van der Waals surface area contributed by atoms with Crippen molar-refractivity contribution in [1.29, 1.82) is 0 Å². The van der Waals surface area contributed by atoms with Crippen LogP contribution in [0.25, 0.3) is 11.0 Å². The number of carbonyl (C=O) groups is 1. The molecule has 4 aromatic rings. The summed E-state index contributed by atoms with van der Waals surface area (Å²) < 4.78 is 2.09. The fourth-order valence-corrected chi connectivity index (χ4v) is 4.42. The van der Waals surface area contributed by atoms with E-state index in [1.54, 1.807) is 6.21 Å². The molecular weight excluding hydrogens is 452 g/mol. The molecule has 168 valence electrons. The first-order valence-electron chi connectivity index (χ1n) is 10.7. The van der Waals surface area contributed by atoms with Crippen LogP contribution in [0.2, 0.25) is 5.02 Å². The zero-order chi connectivity index (χ0) is 23.2.